The highest BCUT2D eigenvalue weighted by Gasteiger charge is 2.51. The topological polar surface area (TPSA) is 123 Å². The molecule has 3 N–H and O–H groups in total. The molecule has 0 radical (unpaired) electrons. The maximum absolute atomic E-state index is 13.2. The van der Waals surface area contributed by atoms with E-state index in [0.29, 0.717) is 23.4 Å². The quantitative estimate of drug-likeness (QED) is 0.233. The second-order valence-electron chi connectivity index (χ2n) is 7.12. The molecule has 0 bridgehead atoms. The predicted molar refractivity (Wildman–Crippen MR) is 119 cm³/mol. The van der Waals surface area contributed by atoms with E-state index < -0.39 is 23.0 Å². The number of carbonyl (C=O) groups is 3. The van der Waals surface area contributed by atoms with Gasteiger partial charge in [-0.1, -0.05) is 51.8 Å². The van der Waals surface area contributed by atoms with Crippen LogP contribution in [0.15, 0.2) is 46.9 Å². The first-order valence-corrected chi connectivity index (χ1v) is 10.6. The van der Waals surface area contributed by atoms with Crippen molar-refractivity contribution in [1.29, 1.82) is 10.7 Å². The molecule has 0 atom stereocenters. The third kappa shape index (κ3) is 5.01. The highest BCUT2D eigenvalue weighted by molar-refractivity contribution is 9.10. The van der Waals surface area contributed by atoms with Gasteiger partial charge in [-0.2, -0.15) is 5.26 Å². The van der Waals surface area contributed by atoms with E-state index in [-0.39, 0.29) is 24.4 Å². The molecule has 1 fully saturated rings. The monoisotopic (exact) mass is 500 g/mol. The fraction of sp³-hybridized carbons (Fsp3) is 0.227. The van der Waals surface area contributed by atoms with Crippen molar-refractivity contribution in [2.45, 2.75) is 24.8 Å². The predicted octanol–water partition coefficient (Wildman–Crippen LogP) is 3.29. The Morgan fingerprint density at radius 2 is 1.81 bits per heavy atom. The molecule has 0 saturated heterocycles. The van der Waals surface area contributed by atoms with Crippen molar-refractivity contribution in [3.05, 3.63) is 68.7 Å². The van der Waals surface area contributed by atoms with Gasteiger partial charge in [0.15, 0.2) is 0 Å². The van der Waals surface area contributed by atoms with Crippen molar-refractivity contribution in [2.75, 3.05) is 6.54 Å². The summed E-state index contributed by atoms with van der Waals surface area (Å²) in [4.78, 5) is 36.7. The van der Waals surface area contributed by atoms with Crippen LogP contribution in [0.3, 0.4) is 0 Å². The molecule has 1 saturated carbocycles. The van der Waals surface area contributed by atoms with Crippen molar-refractivity contribution in [1.82, 2.24) is 10.6 Å². The highest BCUT2D eigenvalue weighted by atomic mass is 79.9. The third-order valence-corrected chi connectivity index (χ3v) is 5.78. The standard InChI is InChI=1S/C22H18BrClN4O3/c23-15-9-14(10-16(24)11-15)22(5-6-22)19(26)18(29)17-4-2-1-3-13(17)12-28-21(31)20(30)27-8-7-25/h1-4,9-11,26H,5-6,8,12H2,(H,27,30)(H,28,31). The van der Waals surface area contributed by atoms with Crippen LogP contribution in [0.1, 0.15) is 34.3 Å². The summed E-state index contributed by atoms with van der Waals surface area (Å²) in [5.74, 6) is -2.27. The zero-order valence-electron chi connectivity index (χ0n) is 16.3. The minimum atomic E-state index is -0.929. The van der Waals surface area contributed by atoms with Crippen LogP contribution in [-0.4, -0.2) is 29.9 Å². The van der Waals surface area contributed by atoms with Crippen molar-refractivity contribution in [2.24, 2.45) is 0 Å². The van der Waals surface area contributed by atoms with Crippen molar-refractivity contribution < 1.29 is 14.4 Å². The van der Waals surface area contributed by atoms with Gasteiger partial charge in [-0.05, 0) is 42.2 Å². The van der Waals surface area contributed by atoms with E-state index in [1.165, 1.54) is 0 Å². The molecule has 7 nitrogen and oxygen atoms in total. The van der Waals surface area contributed by atoms with Gasteiger partial charge in [0.1, 0.15) is 6.54 Å². The molecule has 1 aliphatic rings. The molecule has 2 aromatic carbocycles. The van der Waals surface area contributed by atoms with Crippen LogP contribution in [-0.2, 0) is 21.5 Å². The molecule has 0 aliphatic heterocycles. The van der Waals surface area contributed by atoms with Crippen LogP contribution in [0.5, 0.6) is 0 Å². The maximum atomic E-state index is 13.2. The first kappa shape index (κ1) is 22.7. The fourth-order valence-electron chi connectivity index (χ4n) is 3.34. The molecule has 1 aliphatic carbocycles. The van der Waals surface area contributed by atoms with Gasteiger partial charge in [0.2, 0.25) is 5.78 Å². The van der Waals surface area contributed by atoms with Crippen molar-refractivity contribution >= 4 is 50.8 Å². The van der Waals surface area contributed by atoms with Crippen LogP contribution in [0.25, 0.3) is 0 Å². The van der Waals surface area contributed by atoms with Gasteiger partial charge in [0.25, 0.3) is 0 Å². The Labute approximate surface area is 192 Å². The van der Waals surface area contributed by atoms with Gasteiger partial charge in [0.05, 0.1) is 11.8 Å². The summed E-state index contributed by atoms with van der Waals surface area (Å²) >= 11 is 9.57. The van der Waals surface area contributed by atoms with Gasteiger partial charge in [-0.15, -0.1) is 0 Å². The number of hydrogen-bond acceptors (Lipinski definition) is 5. The van der Waals surface area contributed by atoms with Gasteiger partial charge in [-0.3, -0.25) is 14.4 Å². The van der Waals surface area contributed by atoms with E-state index in [1.807, 2.05) is 6.07 Å². The SMILES string of the molecule is N#CCNC(=O)C(=O)NCc1ccccc1C(=O)C(=N)C1(c2cc(Cl)cc(Br)c2)CC1. The lowest BCUT2D eigenvalue weighted by Crippen LogP contribution is -2.40. The van der Waals surface area contributed by atoms with Crippen molar-refractivity contribution in [3.63, 3.8) is 0 Å². The number of nitrogens with one attached hydrogen (secondary N) is 3. The van der Waals surface area contributed by atoms with E-state index in [0.717, 1.165) is 10.0 Å². The first-order chi connectivity index (χ1) is 14.8. The number of Topliss-reactive ketones (excluding diaryl/α,β-unsaturated/α-hetero) is 1. The van der Waals surface area contributed by atoms with Gasteiger partial charge < -0.3 is 16.0 Å². The normalized spacial score (nSPS) is 13.6. The van der Waals surface area contributed by atoms with E-state index >= 15 is 0 Å². The van der Waals surface area contributed by atoms with Gasteiger partial charge in [0, 0.05) is 27.0 Å². The summed E-state index contributed by atoms with van der Waals surface area (Å²) in [5.41, 5.74) is 0.870. The van der Waals surface area contributed by atoms with E-state index in [1.54, 1.807) is 42.5 Å². The first-order valence-electron chi connectivity index (χ1n) is 9.39. The van der Waals surface area contributed by atoms with E-state index in [2.05, 4.69) is 26.6 Å². The Morgan fingerprint density at radius 3 is 2.45 bits per heavy atom. The second kappa shape index (κ2) is 9.41. The molecule has 0 heterocycles. The molecule has 2 aromatic rings. The lowest BCUT2D eigenvalue weighted by Gasteiger charge is -2.18. The number of carbonyl (C=O) groups excluding carboxylic acids is 3. The summed E-state index contributed by atoms with van der Waals surface area (Å²) in [5, 5.41) is 22.2. The number of hydrogen-bond donors (Lipinski definition) is 3. The number of nitrogens with zero attached hydrogens (tertiary/aromatic N) is 1. The molecule has 0 unspecified atom stereocenters. The van der Waals surface area contributed by atoms with Crippen LogP contribution in [0, 0.1) is 16.7 Å². The largest absolute Gasteiger partial charge is 0.344 e. The summed E-state index contributed by atoms with van der Waals surface area (Å²) in [6.45, 7) is -0.343. The number of ketones is 1. The molecule has 3 rings (SSSR count). The number of benzene rings is 2. The molecular formula is C22H18BrClN4O3. The molecule has 9 heteroatoms. The third-order valence-electron chi connectivity index (χ3n) is 5.11. The van der Waals surface area contributed by atoms with Gasteiger partial charge in [-0.25, -0.2) is 0 Å². The Hall–Kier alpha value is -3.02. The molecule has 158 valence electrons. The fourth-order valence-corrected chi connectivity index (χ4v) is 4.20. The maximum Gasteiger partial charge on any atom is 0.310 e. The average Bonchev–Trinajstić information content (AvgIpc) is 3.56. The van der Waals surface area contributed by atoms with Crippen LogP contribution < -0.4 is 10.6 Å². The summed E-state index contributed by atoms with van der Waals surface area (Å²) in [7, 11) is 0. The highest BCUT2D eigenvalue weighted by Crippen LogP contribution is 2.50. The molecule has 31 heavy (non-hydrogen) atoms. The summed E-state index contributed by atoms with van der Waals surface area (Å²) in [6.07, 6.45) is 1.34. The Kier molecular flexibility index (Phi) is 6.88. The van der Waals surface area contributed by atoms with Crippen molar-refractivity contribution in [3.8, 4) is 6.07 Å². The molecule has 2 amide bonds. The average molecular weight is 502 g/mol. The Balaban J connectivity index is 1.78. The summed E-state index contributed by atoms with van der Waals surface area (Å²) in [6, 6.07) is 13.7. The molecule has 0 aromatic heterocycles. The number of amides is 2. The molecular weight excluding hydrogens is 484 g/mol. The minimum absolute atomic E-state index is 0.0350. The lowest BCUT2D eigenvalue weighted by atomic mass is 9.85. The van der Waals surface area contributed by atoms with E-state index in [9.17, 15) is 14.4 Å². The van der Waals surface area contributed by atoms with Crippen LogP contribution in [0.4, 0.5) is 0 Å². The number of rotatable bonds is 7. The van der Waals surface area contributed by atoms with Crippen LogP contribution >= 0.6 is 27.5 Å². The number of nitriles is 1. The smallest absolute Gasteiger partial charge is 0.310 e. The second-order valence-corrected chi connectivity index (χ2v) is 8.48. The zero-order chi connectivity index (χ0) is 22.6. The zero-order valence-corrected chi connectivity index (χ0v) is 18.6. The Morgan fingerprint density at radius 1 is 1.13 bits per heavy atom. The van der Waals surface area contributed by atoms with E-state index in [4.69, 9.17) is 22.3 Å². The van der Waals surface area contributed by atoms with Crippen LogP contribution in [0.2, 0.25) is 5.02 Å². The number of halogens is 2. The minimum Gasteiger partial charge on any atom is -0.344 e. The Bertz CT molecular complexity index is 1100. The van der Waals surface area contributed by atoms with Gasteiger partial charge >= 0.3 is 11.8 Å². The summed E-state index contributed by atoms with van der Waals surface area (Å²) < 4.78 is 0.777. The molecule has 0 spiro atoms. The lowest BCUT2D eigenvalue weighted by molar-refractivity contribution is -0.139.